The molecule has 0 radical (unpaired) electrons. The van der Waals surface area contributed by atoms with Gasteiger partial charge in [-0.2, -0.15) is 0 Å². The van der Waals surface area contributed by atoms with Crippen molar-refractivity contribution >= 4 is 5.91 Å². The number of nitrogens with zero attached hydrogens (tertiary/aromatic N) is 1. The van der Waals surface area contributed by atoms with E-state index in [0.717, 1.165) is 12.8 Å². The number of carbonyl (C=O) groups excluding carboxylic acids is 1. The van der Waals surface area contributed by atoms with Crippen LogP contribution in [0.2, 0.25) is 0 Å². The van der Waals surface area contributed by atoms with Crippen LogP contribution in [-0.2, 0) is 4.79 Å². The normalized spacial score (nSPS) is 24.3. The van der Waals surface area contributed by atoms with Gasteiger partial charge < -0.3 is 9.47 Å². The minimum absolute atomic E-state index is 0.0502. The summed E-state index contributed by atoms with van der Waals surface area (Å²) >= 11 is 0. The molecule has 0 bridgehead atoms. The Bertz CT molecular complexity index is 647. The maximum atomic E-state index is 12.4. The van der Waals surface area contributed by atoms with E-state index in [1.54, 1.807) is 13.1 Å². The Kier molecular flexibility index (Phi) is 5.32. The Balaban J connectivity index is 1.65. The minimum atomic E-state index is -4.75. The number of carbonyl (C=O) groups is 1. The summed E-state index contributed by atoms with van der Waals surface area (Å²) in [5.74, 6) is 0.295. The van der Waals surface area contributed by atoms with Crippen molar-refractivity contribution in [1.82, 2.24) is 10.4 Å². The lowest BCUT2D eigenvalue weighted by molar-refractivity contribution is -0.274. The average Bonchev–Trinajstić information content (AvgIpc) is 2.59. The highest BCUT2D eigenvalue weighted by atomic mass is 19.4. The van der Waals surface area contributed by atoms with Gasteiger partial charge in [0.15, 0.2) is 5.54 Å². The molecule has 1 N–H and O–H groups in total. The fourth-order valence-electron chi connectivity index (χ4n) is 3.83. The summed E-state index contributed by atoms with van der Waals surface area (Å²) in [6.07, 6.45) is 1.67. The zero-order valence-corrected chi connectivity index (χ0v) is 14.6. The van der Waals surface area contributed by atoms with E-state index in [-0.39, 0.29) is 24.0 Å². The van der Waals surface area contributed by atoms with Gasteiger partial charge in [-0.15, -0.1) is 13.2 Å². The van der Waals surface area contributed by atoms with Crippen LogP contribution in [-0.4, -0.2) is 36.5 Å². The van der Waals surface area contributed by atoms with Gasteiger partial charge in [-0.05, 0) is 24.5 Å². The number of hydrazine groups is 1. The number of amides is 1. The molecule has 1 heterocycles. The smallest absolute Gasteiger partial charge is 0.491 e. The van der Waals surface area contributed by atoms with E-state index in [0.29, 0.717) is 12.3 Å². The SMILES string of the molecule is CN1NC(COc2cccc(OC(F)(F)F)c2)(CC2CCCCC2)C1=O. The molecule has 5 nitrogen and oxygen atoms in total. The van der Waals surface area contributed by atoms with Crippen molar-refractivity contribution in [2.45, 2.75) is 50.4 Å². The van der Waals surface area contributed by atoms with Crippen LogP contribution in [0.15, 0.2) is 24.3 Å². The predicted molar refractivity (Wildman–Crippen MR) is 88.4 cm³/mol. The van der Waals surface area contributed by atoms with E-state index < -0.39 is 11.9 Å². The van der Waals surface area contributed by atoms with E-state index in [9.17, 15) is 18.0 Å². The molecule has 26 heavy (non-hydrogen) atoms. The molecular formula is C18H23F3N2O3. The molecule has 2 fully saturated rings. The molecule has 8 heteroatoms. The predicted octanol–water partition coefficient (Wildman–Crippen LogP) is 3.65. The first kappa shape index (κ1) is 18.8. The lowest BCUT2D eigenvalue weighted by Crippen LogP contribution is -2.77. The van der Waals surface area contributed by atoms with Gasteiger partial charge in [-0.3, -0.25) is 9.80 Å². The summed E-state index contributed by atoms with van der Waals surface area (Å²) < 4.78 is 46.6. The van der Waals surface area contributed by atoms with E-state index in [2.05, 4.69) is 10.2 Å². The van der Waals surface area contributed by atoms with Crippen molar-refractivity contribution in [1.29, 1.82) is 0 Å². The van der Waals surface area contributed by atoms with Crippen LogP contribution in [0.5, 0.6) is 11.5 Å². The summed E-state index contributed by atoms with van der Waals surface area (Å²) in [5.41, 5.74) is 2.32. The van der Waals surface area contributed by atoms with Crippen LogP contribution in [0.4, 0.5) is 13.2 Å². The summed E-state index contributed by atoms with van der Waals surface area (Å²) in [4.78, 5) is 12.4. The molecule has 144 valence electrons. The zero-order chi connectivity index (χ0) is 18.8. The molecule has 3 rings (SSSR count). The second kappa shape index (κ2) is 7.34. The van der Waals surface area contributed by atoms with Gasteiger partial charge in [0.2, 0.25) is 0 Å². The highest BCUT2D eigenvalue weighted by Crippen LogP contribution is 2.35. The number of hydrogen-bond acceptors (Lipinski definition) is 4. The molecule has 1 amide bonds. The third kappa shape index (κ3) is 4.41. The van der Waals surface area contributed by atoms with Crippen molar-refractivity contribution < 1.29 is 27.4 Å². The largest absolute Gasteiger partial charge is 0.573 e. The molecule has 0 spiro atoms. The summed E-state index contributed by atoms with van der Waals surface area (Å²) in [6.45, 7) is 0.0716. The number of alkyl halides is 3. The first-order valence-corrected chi connectivity index (χ1v) is 8.82. The van der Waals surface area contributed by atoms with E-state index in [4.69, 9.17) is 4.74 Å². The molecule has 1 aromatic carbocycles. The number of likely N-dealkylation sites (N-methyl/N-ethyl adjacent to an activating group) is 1. The second-order valence-electron chi connectivity index (χ2n) is 7.08. The third-order valence-corrected chi connectivity index (χ3v) is 4.98. The Hall–Kier alpha value is -1.96. The van der Waals surface area contributed by atoms with Crippen molar-refractivity contribution in [2.75, 3.05) is 13.7 Å². The maximum Gasteiger partial charge on any atom is 0.573 e. The highest BCUT2D eigenvalue weighted by Gasteiger charge is 2.52. The molecule has 1 saturated heterocycles. The fourth-order valence-corrected chi connectivity index (χ4v) is 3.83. The Morgan fingerprint density at radius 2 is 1.92 bits per heavy atom. The lowest BCUT2D eigenvalue weighted by Gasteiger charge is -2.49. The van der Waals surface area contributed by atoms with Crippen LogP contribution in [0, 0.1) is 5.92 Å². The summed E-state index contributed by atoms with van der Waals surface area (Å²) in [6, 6.07) is 5.35. The summed E-state index contributed by atoms with van der Waals surface area (Å²) in [5, 5.41) is 1.43. The third-order valence-electron chi connectivity index (χ3n) is 4.98. The molecule has 2 aliphatic rings. The van der Waals surface area contributed by atoms with Gasteiger partial charge in [0.1, 0.15) is 18.1 Å². The molecule has 1 aliphatic carbocycles. The Morgan fingerprint density at radius 3 is 2.54 bits per heavy atom. The maximum absolute atomic E-state index is 12.4. The van der Waals surface area contributed by atoms with Gasteiger partial charge in [-0.25, -0.2) is 5.43 Å². The molecular weight excluding hydrogens is 349 g/mol. The lowest BCUT2D eigenvalue weighted by atomic mass is 9.78. The number of hydrogen-bond donors (Lipinski definition) is 1. The van der Waals surface area contributed by atoms with Crippen LogP contribution in [0.3, 0.4) is 0 Å². The molecule has 1 saturated carbocycles. The van der Waals surface area contributed by atoms with Gasteiger partial charge in [0, 0.05) is 13.1 Å². The second-order valence-corrected chi connectivity index (χ2v) is 7.08. The molecule has 1 aliphatic heterocycles. The number of benzene rings is 1. The van der Waals surface area contributed by atoms with Crippen LogP contribution in [0.1, 0.15) is 38.5 Å². The van der Waals surface area contributed by atoms with Gasteiger partial charge in [0.25, 0.3) is 5.91 Å². The van der Waals surface area contributed by atoms with Crippen molar-refractivity contribution in [3.05, 3.63) is 24.3 Å². The number of halogens is 3. The van der Waals surface area contributed by atoms with Gasteiger partial charge in [-0.1, -0.05) is 38.2 Å². The first-order valence-electron chi connectivity index (χ1n) is 8.82. The first-order chi connectivity index (χ1) is 12.3. The van der Waals surface area contributed by atoms with Crippen molar-refractivity contribution in [2.24, 2.45) is 5.92 Å². The number of rotatable bonds is 6. The fraction of sp³-hybridized carbons (Fsp3) is 0.611. The number of ether oxygens (including phenoxy) is 2. The Labute approximate surface area is 150 Å². The van der Waals surface area contributed by atoms with Gasteiger partial charge >= 0.3 is 6.36 Å². The van der Waals surface area contributed by atoms with E-state index >= 15 is 0 Å². The average molecular weight is 372 g/mol. The Morgan fingerprint density at radius 1 is 1.23 bits per heavy atom. The summed E-state index contributed by atoms with van der Waals surface area (Å²) in [7, 11) is 1.65. The van der Waals surface area contributed by atoms with Crippen LogP contribution < -0.4 is 14.9 Å². The molecule has 0 aromatic heterocycles. The van der Waals surface area contributed by atoms with E-state index in [1.165, 1.54) is 42.5 Å². The van der Waals surface area contributed by atoms with E-state index in [1.807, 2.05) is 0 Å². The quantitative estimate of drug-likeness (QED) is 0.828. The monoisotopic (exact) mass is 372 g/mol. The molecule has 1 unspecified atom stereocenters. The van der Waals surface area contributed by atoms with Gasteiger partial charge in [0.05, 0.1) is 0 Å². The topological polar surface area (TPSA) is 50.8 Å². The van der Waals surface area contributed by atoms with Crippen molar-refractivity contribution in [3.63, 3.8) is 0 Å². The zero-order valence-electron chi connectivity index (χ0n) is 14.6. The van der Waals surface area contributed by atoms with Crippen LogP contribution in [0.25, 0.3) is 0 Å². The number of nitrogens with one attached hydrogen (secondary N) is 1. The van der Waals surface area contributed by atoms with Crippen molar-refractivity contribution in [3.8, 4) is 11.5 Å². The minimum Gasteiger partial charge on any atom is -0.491 e. The highest BCUT2D eigenvalue weighted by molar-refractivity contribution is 5.91. The molecule has 1 aromatic rings. The van der Waals surface area contributed by atoms with Crippen LogP contribution >= 0.6 is 0 Å². The standard InChI is InChI=1S/C18H23F3N2O3/c1-23-16(24)17(22-23,11-13-6-3-2-4-7-13)12-25-14-8-5-9-15(10-14)26-18(19,20)21/h5,8-10,13,22H,2-4,6-7,11-12H2,1H3. The molecule has 1 atom stereocenters.